The van der Waals surface area contributed by atoms with Crippen molar-refractivity contribution in [1.82, 2.24) is 9.62 Å². The smallest absolute Gasteiger partial charge is 0.308 e. The van der Waals surface area contributed by atoms with Gasteiger partial charge in [-0.1, -0.05) is 0 Å². The summed E-state index contributed by atoms with van der Waals surface area (Å²) in [5.41, 5.74) is 1.73. The van der Waals surface area contributed by atoms with Crippen LogP contribution in [0.25, 0.3) is 0 Å². The monoisotopic (exact) mass is 370 g/mol. The molecule has 0 aliphatic carbocycles. The van der Waals surface area contributed by atoms with Crippen molar-refractivity contribution in [2.24, 2.45) is 5.92 Å². The highest BCUT2D eigenvalue weighted by Crippen LogP contribution is 2.27. The molecule has 1 amide bonds. The largest absolute Gasteiger partial charge is 0.495 e. The number of hydrogen-bond donors (Lipinski definition) is 2. The second kappa shape index (κ2) is 7.40. The van der Waals surface area contributed by atoms with Crippen molar-refractivity contribution in [3.8, 4) is 5.75 Å². The molecule has 0 bridgehead atoms. The zero-order chi connectivity index (χ0) is 18.8. The van der Waals surface area contributed by atoms with Gasteiger partial charge in [-0.15, -0.1) is 0 Å². The molecule has 1 aromatic rings. The van der Waals surface area contributed by atoms with Crippen LogP contribution in [0.3, 0.4) is 0 Å². The Morgan fingerprint density at radius 1 is 1.36 bits per heavy atom. The van der Waals surface area contributed by atoms with E-state index in [9.17, 15) is 18.0 Å². The summed E-state index contributed by atoms with van der Waals surface area (Å²) in [7, 11) is -2.41. The molecule has 1 aliphatic rings. The minimum absolute atomic E-state index is 0.00348. The molecule has 0 aromatic heterocycles. The van der Waals surface area contributed by atoms with Crippen molar-refractivity contribution >= 4 is 21.9 Å². The van der Waals surface area contributed by atoms with Gasteiger partial charge >= 0.3 is 5.97 Å². The first kappa shape index (κ1) is 19.2. The Morgan fingerprint density at radius 3 is 2.56 bits per heavy atom. The summed E-state index contributed by atoms with van der Waals surface area (Å²) >= 11 is 0. The van der Waals surface area contributed by atoms with Gasteiger partial charge in [0.15, 0.2) is 0 Å². The fraction of sp³-hybridized carbons (Fsp3) is 0.500. The number of carboxylic acid groups (broad SMARTS) is 1. The van der Waals surface area contributed by atoms with E-state index >= 15 is 0 Å². The molecule has 1 atom stereocenters. The Kier molecular flexibility index (Phi) is 5.69. The van der Waals surface area contributed by atoms with Crippen LogP contribution in [0.1, 0.15) is 17.5 Å². The highest BCUT2D eigenvalue weighted by Gasteiger charge is 2.34. The quantitative estimate of drug-likeness (QED) is 0.724. The first-order chi connectivity index (χ1) is 11.7. The highest BCUT2D eigenvalue weighted by molar-refractivity contribution is 7.89. The molecule has 0 radical (unpaired) electrons. The van der Waals surface area contributed by atoms with E-state index in [-0.39, 0.29) is 42.6 Å². The topological polar surface area (TPSA) is 113 Å². The summed E-state index contributed by atoms with van der Waals surface area (Å²) in [6, 6.07) is 3.20. The van der Waals surface area contributed by atoms with Crippen molar-refractivity contribution in [1.29, 1.82) is 0 Å². The minimum atomic E-state index is -3.81. The molecule has 0 saturated carbocycles. The van der Waals surface area contributed by atoms with Crippen LogP contribution in [0.5, 0.6) is 5.75 Å². The van der Waals surface area contributed by atoms with Crippen LogP contribution in [0.4, 0.5) is 0 Å². The number of carbonyl (C=O) groups is 2. The highest BCUT2D eigenvalue weighted by atomic mass is 32.2. The van der Waals surface area contributed by atoms with E-state index in [0.717, 1.165) is 11.1 Å². The summed E-state index contributed by atoms with van der Waals surface area (Å²) < 4.78 is 32.6. The van der Waals surface area contributed by atoms with Crippen LogP contribution >= 0.6 is 0 Å². The molecular formula is C16H22N2O6S. The lowest BCUT2D eigenvalue weighted by molar-refractivity contribution is -0.141. The third-order valence-corrected chi connectivity index (χ3v) is 5.79. The number of rotatable bonds is 7. The van der Waals surface area contributed by atoms with Gasteiger partial charge in [0.25, 0.3) is 0 Å². The van der Waals surface area contributed by atoms with Gasteiger partial charge in [-0.05, 0) is 37.1 Å². The Morgan fingerprint density at radius 2 is 2.00 bits per heavy atom. The number of hydrogen-bond acceptors (Lipinski definition) is 5. The van der Waals surface area contributed by atoms with Crippen LogP contribution in [0.15, 0.2) is 17.0 Å². The van der Waals surface area contributed by atoms with Gasteiger partial charge in [0.05, 0.1) is 13.0 Å². The molecule has 1 aromatic carbocycles. The number of carbonyl (C=O) groups excluding carboxylic acids is 1. The number of nitrogens with zero attached hydrogens (tertiary/aromatic N) is 1. The van der Waals surface area contributed by atoms with Gasteiger partial charge < -0.3 is 14.7 Å². The van der Waals surface area contributed by atoms with Crippen LogP contribution in [0, 0.1) is 19.8 Å². The van der Waals surface area contributed by atoms with E-state index in [2.05, 4.69) is 4.72 Å². The average molecular weight is 370 g/mol. The maximum atomic E-state index is 12.5. The first-order valence-electron chi connectivity index (χ1n) is 7.81. The molecular weight excluding hydrogens is 348 g/mol. The number of ether oxygens (including phenoxy) is 1. The summed E-state index contributed by atoms with van der Waals surface area (Å²) in [5.74, 6) is -1.78. The first-order valence-corrected chi connectivity index (χ1v) is 9.29. The van der Waals surface area contributed by atoms with Crippen molar-refractivity contribution in [3.05, 3.63) is 23.3 Å². The van der Waals surface area contributed by atoms with Crippen molar-refractivity contribution in [2.45, 2.75) is 25.2 Å². The molecule has 25 heavy (non-hydrogen) atoms. The molecule has 1 aliphatic heterocycles. The van der Waals surface area contributed by atoms with E-state index in [4.69, 9.17) is 9.84 Å². The second-order valence-corrected chi connectivity index (χ2v) is 7.80. The Hall–Kier alpha value is -2.13. The maximum absolute atomic E-state index is 12.5. The van der Waals surface area contributed by atoms with Crippen LogP contribution in [-0.2, 0) is 19.6 Å². The van der Waals surface area contributed by atoms with Gasteiger partial charge in [-0.2, -0.15) is 0 Å². The van der Waals surface area contributed by atoms with Crippen molar-refractivity contribution < 1.29 is 27.9 Å². The summed E-state index contributed by atoms with van der Waals surface area (Å²) in [6.07, 6.45) is -0.0485. The standard InChI is InChI=1S/C16H22N2O6S/c1-10-6-13(24-3)14(7-11(10)2)25(22,23)17-4-5-18-9-12(16(20)21)8-15(18)19/h6-7,12,17H,4-5,8-9H2,1-3H3,(H,20,21). The third-order valence-electron chi connectivity index (χ3n) is 4.31. The predicted molar refractivity (Wildman–Crippen MR) is 90.0 cm³/mol. The molecule has 8 nitrogen and oxygen atoms in total. The van der Waals surface area contributed by atoms with Crippen LogP contribution in [0.2, 0.25) is 0 Å². The molecule has 1 fully saturated rings. The molecule has 2 rings (SSSR count). The number of amides is 1. The van der Waals surface area contributed by atoms with Crippen LogP contribution in [-0.4, -0.2) is 57.0 Å². The minimum Gasteiger partial charge on any atom is -0.495 e. The fourth-order valence-electron chi connectivity index (χ4n) is 2.68. The molecule has 138 valence electrons. The summed E-state index contributed by atoms with van der Waals surface area (Å²) in [6.45, 7) is 3.89. The maximum Gasteiger partial charge on any atom is 0.308 e. The van der Waals surface area contributed by atoms with E-state index in [1.807, 2.05) is 13.8 Å². The number of carboxylic acids is 1. The Bertz CT molecular complexity index is 790. The number of sulfonamides is 1. The summed E-state index contributed by atoms with van der Waals surface area (Å²) in [4.78, 5) is 24.1. The van der Waals surface area contributed by atoms with Gasteiger partial charge in [0.2, 0.25) is 15.9 Å². The fourth-order valence-corrected chi connectivity index (χ4v) is 3.93. The van der Waals surface area contributed by atoms with E-state index < -0.39 is 21.9 Å². The zero-order valence-corrected chi connectivity index (χ0v) is 15.2. The molecule has 2 N–H and O–H groups in total. The van der Waals surface area contributed by atoms with Crippen molar-refractivity contribution in [2.75, 3.05) is 26.7 Å². The molecule has 0 spiro atoms. The zero-order valence-electron chi connectivity index (χ0n) is 14.4. The lowest BCUT2D eigenvalue weighted by Gasteiger charge is -2.17. The van der Waals surface area contributed by atoms with E-state index in [0.29, 0.717) is 0 Å². The van der Waals surface area contributed by atoms with Gasteiger partial charge in [0.1, 0.15) is 10.6 Å². The lowest BCUT2D eigenvalue weighted by atomic mass is 10.1. The third kappa shape index (κ3) is 4.29. The molecule has 1 heterocycles. The Labute approximate surface area is 146 Å². The molecule has 1 unspecified atom stereocenters. The van der Waals surface area contributed by atoms with Gasteiger partial charge in [0, 0.05) is 26.1 Å². The average Bonchev–Trinajstić information content (AvgIpc) is 2.91. The molecule has 1 saturated heterocycles. The molecule has 9 heteroatoms. The predicted octanol–water partition coefficient (Wildman–Crippen LogP) is 0.523. The van der Waals surface area contributed by atoms with Crippen molar-refractivity contribution in [3.63, 3.8) is 0 Å². The number of likely N-dealkylation sites (tertiary alicyclic amines) is 1. The Balaban J connectivity index is 2.04. The number of nitrogens with one attached hydrogen (secondary N) is 1. The van der Waals surface area contributed by atoms with Gasteiger partial charge in [-0.3, -0.25) is 9.59 Å². The van der Waals surface area contributed by atoms with Crippen LogP contribution < -0.4 is 9.46 Å². The normalized spacial score (nSPS) is 17.8. The SMILES string of the molecule is COc1cc(C)c(C)cc1S(=O)(=O)NCCN1CC(C(=O)O)CC1=O. The lowest BCUT2D eigenvalue weighted by Crippen LogP contribution is -2.36. The van der Waals surface area contributed by atoms with E-state index in [1.54, 1.807) is 6.07 Å². The summed E-state index contributed by atoms with van der Waals surface area (Å²) in [5, 5.41) is 8.95. The number of methoxy groups -OCH3 is 1. The number of benzene rings is 1. The number of aryl methyl sites for hydroxylation is 2. The second-order valence-electron chi connectivity index (χ2n) is 6.06. The van der Waals surface area contributed by atoms with E-state index in [1.165, 1.54) is 18.1 Å². The number of aliphatic carboxylic acids is 1. The van der Waals surface area contributed by atoms with Gasteiger partial charge in [-0.25, -0.2) is 13.1 Å².